The van der Waals surface area contributed by atoms with Gasteiger partial charge in [-0.25, -0.2) is 0 Å². The quantitative estimate of drug-likeness (QED) is 0.771. The van der Waals surface area contributed by atoms with Gasteiger partial charge in [0.15, 0.2) is 0 Å². The van der Waals surface area contributed by atoms with Crippen LogP contribution in [0, 0.1) is 11.3 Å². The summed E-state index contributed by atoms with van der Waals surface area (Å²) in [7, 11) is 0. The molecule has 2 heterocycles. The van der Waals surface area contributed by atoms with E-state index in [0.29, 0.717) is 5.92 Å². The summed E-state index contributed by atoms with van der Waals surface area (Å²) in [5.41, 5.74) is -0.215. The molecule has 2 N–H and O–H groups in total. The van der Waals surface area contributed by atoms with Crippen molar-refractivity contribution in [1.82, 2.24) is 10.6 Å². The van der Waals surface area contributed by atoms with Gasteiger partial charge >= 0.3 is 0 Å². The lowest BCUT2D eigenvalue weighted by Crippen LogP contribution is -2.49. The number of hydrogen-bond donors (Lipinski definition) is 2. The van der Waals surface area contributed by atoms with Crippen LogP contribution in [0.15, 0.2) is 0 Å². The molecular weight excluding hydrogens is 216 g/mol. The number of nitrogens with one attached hydrogen (secondary N) is 2. The Morgan fingerprint density at radius 3 is 3.06 bits per heavy atom. The lowest BCUT2D eigenvalue weighted by molar-refractivity contribution is -0.131. The Balaban J connectivity index is 1.75. The van der Waals surface area contributed by atoms with E-state index in [0.717, 1.165) is 52.1 Å². The van der Waals surface area contributed by atoms with Crippen molar-refractivity contribution in [3.8, 4) is 0 Å². The fourth-order valence-corrected chi connectivity index (χ4v) is 2.67. The minimum absolute atomic E-state index is 0.204. The molecule has 17 heavy (non-hydrogen) atoms. The van der Waals surface area contributed by atoms with Gasteiger partial charge in [0.05, 0.1) is 12.0 Å². The topological polar surface area (TPSA) is 50.4 Å². The number of ether oxygens (including phenoxy) is 1. The second-order valence-corrected chi connectivity index (χ2v) is 5.63. The zero-order chi connectivity index (χ0) is 12.1. The van der Waals surface area contributed by atoms with E-state index in [1.54, 1.807) is 0 Å². The van der Waals surface area contributed by atoms with Crippen LogP contribution in [0.2, 0.25) is 0 Å². The Bertz CT molecular complexity index is 256. The lowest BCUT2D eigenvalue weighted by atomic mass is 9.82. The highest BCUT2D eigenvalue weighted by Gasteiger charge is 2.34. The van der Waals surface area contributed by atoms with Gasteiger partial charge in [0.2, 0.25) is 5.91 Å². The van der Waals surface area contributed by atoms with Gasteiger partial charge in [-0.1, -0.05) is 0 Å². The van der Waals surface area contributed by atoms with Gasteiger partial charge < -0.3 is 15.4 Å². The third-order valence-corrected chi connectivity index (χ3v) is 3.95. The van der Waals surface area contributed by atoms with Crippen LogP contribution >= 0.6 is 0 Å². The summed E-state index contributed by atoms with van der Waals surface area (Å²) in [4.78, 5) is 12.2. The van der Waals surface area contributed by atoms with Crippen LogP contribution in [0.25, 0.3) is 0 Å². The van der Waals surface area contributed by atoms with Crippen LogP contribution in [0.5, 0.6) is 0 Å². The van der Waals surface area contributed by atoms with Crippen LogP contribution in [0.3, 0.4) is 0 Å². The Labute approximate surface area is 103 Å². The summed E-state index contributed by atoms with van der Waals surface area (Å²) in [6, 6.07) is 0. The molecule has 2 aliphatic heterocycles. The predicted octanol–water partition coefficient (Wildman–Crippen LogP) is 0.919. The van der Waals surface area contributed by atoms with Gasteiger partial charge in [-0.2, -0.15) is 0 Å². The molecule has 0 aromatic heterocycles. The van der Waals surface area contributed by atoms with E-state index in [9.17, 15) is 4.79 Å². The van der Waals surface area contributed by atoms with Crippen molar-refractivity contribution in [3.63, 3.8) is 0 Å². The second-order valence-electron chi connectivity index (χ2n) is 5.63. The van der Waals surface area contributed by atoms with Crippen molar-refractivity contribution in [2.75, 3.05) is 32.8 Å². The molecule has 0 radical (unpaired) electrons. The van der Waals surface area contributed by atoms with Crippen molar-refractivity contribution >= 4 is 5.91 Å². The molecule has 2 rings (SSSR count). The molecule has 4 nitrogen and oxygen atoms in total. The molecule has 2 saturated heterocycles. The molecular formula is C13H24N2O2. The third-order valence-electron chi connectivity index (χ3n) is 3.95. The van der Waals surface area contributed by atoms with Crippen LogP contribution in [0.4, 0.5) is 0 Å². The van der Waals surface area contributed by atoms with Crippen molar-refractivity contribution in [2.45, 2.75) is 32.6 Å². The van der Waals surface area contributed by atoms with E-state index in [2.05, 4.69) is 17.6 Å². The van der Waals surface area contributed by atoms with E-state index >= 15 is 0 Å². The standard InChI is InChI=1S/C13H24N2O2/c1-13(5-3-6-14-10-13)12(16)15-8-11-4-2-7-17-9-11/h11,14H,2-10H2,1H3,(H,15,16). The van der Waals surface area contributed by atoms with Crippen LogP contribution in [-0.2, 0) is 9.53 Å². The summed E-state index contributed by atoms with van der Waals surface area (Å²) < 4.78 is 5.42. The smallest absolute Gasteiger partial charge is 0.227 e. The maximum Gasteiger partial charge on any atom is 0.227 e. The fourth-order valence-electron chi connectivity index (χ4n) is 2.67. The lowest BCUT2D eigenvalue weighted by Gasteiger charge is -2.33. The first kappa shape index (κ1) is 12.8. The Morgan fingerprint density at radius 2 is 2.41 bits per heavy atom. The number of piperidine rings is 1. The summed E-state index contributed by atoms with van der Waals surface area (Å²) in [5, 5.41) is 6.41. The van der Waals surface area contributed by atoms with E-state index in [1.165, 1.54) is 6.42 Å². The van der Waals surface area contributed by atoms with Gasteiger partial charge in [-0.05, 0) is 45.1 Å². The molecule has 0 aliphatic carbocycles. The molecule has 0 spiro atoms. The van der Waals surface area contributed by atoms with Gasteiger partial charge in [0, 0.05) is 19.7 Å². The molecule has 0 saturated carbocycles. The van der Waals surface area contributed by atoms with Gasteiger partial charge in [0.1, 0.15) is 0 Å². The minimum atomic E-state index is -0.215. The average molecular weight is 240 g/mol. The average Bonchev–Trinajstić information content (AvgIpc) is 2.38. The molecule has 1 amide bonds. The van der Waals surface area contributed by atoms with Crippen LogP contribution in [0.1, 0.15) is 32.6 Å². The zero-order valence-corrected chi connectivity index (χ0v) is 10.8. The normalized spacial score (nSPS) is 34.3. The maximum atomic E-state index is 12.2. The molecule has 2 fully saturated rings. The van der Waals surface area contributed by atoms with Crippen LogP contribution in [-0.4, -0.2) is 38.8 Å². The zero-order valence-electron chi connectivity index (χ0n) is 10.8. The van der Waals surface area contributed by atoms with Crippen molar-refractivity contribution in [3.05, 3.63) is 0 Å². The third kappa shape index (κ3) is 3.42. The number of carbonyl (C=O) groups excluding carboxylic acids is 1. The Kier molecular flexibility index (Phi) is 4.40. The molecule has 2 aliphatic rings. The highest BCUT2D eigenvalue weighted by atomic mass is 16.5. The molecule has 98 valence electrons. The fraction of sp³-hybridized carbons (Fsp3) is 0.923. The molecule has 0 aromatic rings. The summed E-state index contributed by atoms with van der Waals surface area (Å²) in [6.07, 6.45) is 4.39. The number of hydrogen-bond acceptors (Lipinski definition) is 3. The van der Waals surface area contributed by atoms with Crippen molar-refractivity contribution < 1.29 is 9.53 Å². The number of amides is 1. The first-order valence-corrected chi connectivity index (χ1v) is 6.77. The van der Waals surface area contributed by atoms with E-state index < -0.39 is 0 Å². The van der Waals surface area contributed by atoms with Gasteiger partial charge in [0.25, 0.3) is 0 Å². The summed E-state index contributed by atoms with van der Waals surface area (Å²) >= 11 is 0. The first-order chi connectivity index (χ1) is 8.21. The highest BCUT2D eigenvalue weighted by Crippen LogP contribution is 2.25. The number of carbonyl (C=O) groups is 1. The van der Waals surface area contributed by atoms with E-state index in [1.807, 2.05) is 0 Å². The second kappa shape index (κ2) is 5.83. The molecule has 0 bridgehead atoms. The maximum absolute atomic E-state index is 12.2. The molecule has 4 heteroatoms. The first-order valence-electron chi connectivity index (χ1n) is 6.77. The molecule has 0 aromatic carbocycles. The summed E-state index contributed by atoms with van der Waals surface area (Å²) in [6.45, 7) is 6.36. The predicted molar refractivity (Wildman–Crippen MR) is 66.8 cm³/mol. The highest BCUT2D eigenvalue weighted by molar-refractivity contribution is 5.82. The van der Waals surface area contributed by atoms with Crippen LogP contribution < -0.4 is 10.6 Å². The number of rotatable bonds is 3. The van der Waals surface area contributed by atoms with Gasteiger partial charge in [-0.15, -0.1) is 0 Å². The van der Waals surface area contributed by atoms with Crippen molar-refractivity contribution in [2.24, 2.45) is 11.3 Å². The largest absolute Gasteiger partial charge is 0.381 e. The Hall–Kier alpha value is -0.610. The van der Waals surface area contributed by atoms with Crippen molar-refractivity contribution in [1.29, 1.82) is 0 Å². The molecule has 2 unspecified atom stereocenters. The SMILES string of the molecule is CC1(C(=O)NCC2CCCOC2)CCCNC1. The Morgan fingerprint density at radius 1 is 1.53 bits per heavy atom. The molecule has 2 atom stereocenters. The monoisotopic (exact) mass is 240 g/mol. The van der Waals surface area contributed by atoms with Gasteiger partial charge in [-0.3, -0.25) is 4.79 Å². The minimum Gasteiger partial charge on any atom is -0.381 e. The van der Waals surface area contributed by atoms with E-state index in [-0.39, 0.29) is 11.3 Å². The van der Waals surface area contributed by atoms with E-state index in [4.69, 9.17) is 4.74 Å². The summed E-state index contributed by atoms with van der Waals surface area (Å²) in [5.74, 6) is 0.711.